The molecule has 0 aliphatic heterocycles. The van der Waals surface area contributed by atoms with Crippen molar-refractivity contribution in [3.63, 3.8) is 0 Å². The third kappa shape index (κ3) is 2.45. The quantitative estimate of drug-likeness (QED) is 0.522. The van der Waals surface area contributed by atoms with Crippen molar-refractivity contribution in [1.29, 1.82) is 0 Å². The minimum atomic E-state index is -0.475. The number of halogens is 1. The molecule has 0 aliphatic rings. The molecular formula is C12H9BrN2O2. The van der Waals surface area contributed by atoms with Crippen molar-refractivity contribution in [3.8, 4) is 11.1 Å². The van der Waals surface area contributed by atoms with Gasteiger partial charge in [-0.15, -0.1) is 0 Å². The molecule has 0 aromatic heterocycles. The smallest absolute Gasteiger partial charge is 0.292 e. The molecule has 0 saturated carbocycles. The third-order valence-corrected chi connectivity index (χ3v) is 2.88. The SMILES string of the molecule is Nc1ccc(-c2cccc(Br)c2)cc1[N+](=O)[O-]. The number of anilines is 1. The molecule has 2 rings (SSSR count). The van der Waals surface area contributed by atoms with Crippen molar-refractivity contribution in [2.45, 2.75) is 0 Å². The lowest BCUT2D eigenvalue weighted by Gasteiger charge is -2.03. The van der Waals surface area contributed by atoms with Gasteiger partial charge in [0.05, 0.1) is 4.92 Å². The van der Waals surface area contributed by atoms with Crippen molar-refractivity contribution < 1.29 is 4.92 Å². The highest BCUT2D eigenvalue weighted by Gasteiger charge is 2.12. The molecule has 0 radical (unpaired) electrons. The Morgan fingerprint density at radius 2 is 1.82 bits per heavy atom. The van der Waals surface area contributed by atoms with Gasteiger partial charge < -0.3 is 5.73 Å². The number of benzene rings is 2. The summed E-state index contributed by atoms with van der Waals surface area (Å²) in [4.78, 5) is 10.3. The van der Waals surface area contributed by atoms with E-state index >= 15 is 0 Å². The van der Waals surface area contributed by atoms with E-state index in [2.05, 4.69) is 15.9 Å². The monoisotopic (exact) mass is 292 g/mol. The maximum absolute atomic E-state index is 10.8. The number of nitro benzene ring substituents is 1. The van der Waals surface area contributed by atoms with Crippen molar-refractivity contribution in [1.82, 2.24) is 0 Å². The first-order valence-corrected chi connectivity index (χ1v) is 5.67. The molecule has 2 N–H and O–H groups in total. The summed E-state index contributed by atoms with van der Waals surface area (Å²) in [5, 5.41) is 10.8. The van der Waals surface area contributed by atoms with Crippen LogP contribution in [0.1, 0.15) is 0 Å². The van der Waals surface area contributed by atoms with Crippen LogP contribution in [0.25, 0.3) is 11.1 Å². The first kappa shape index (κ1) is 11.6. The van der Waals surface area contributed by atoms with Crippen LogP contribution in [0.5, 0.6) is 0 Å². The van der Waals surface area contributed by atoms with E-state index in [4.69, 9.17) is 5.73 Å². The van der Waals surface area contributed by atoms with Gasteiger partial charge in [-0.25, -0.2) is 0 Å². The lowest BCUT2D eigenvalue weighted by atomic mass is 10.0. The molecule has 4 nitrogen and oxygen atoms in total. The summed E-state index contributed by atoms with van der Waals surface area (Å²) >= 11 is 3.36. The zero-order valence-electron chi connectivity index (χ0n) is 8.76. The maximum atomic E-state index is 10.8. The fourth-order valence-corrected chi connectivity index (χ4v) is 1.95. The van der Waals surface area contributed by atoms with Crippen LogP contribution in [-0.2, 0) is 0 Å². The Hall–Kier alpha value is -1.88. The maximum Gasteiger partial charge on any atom is 0.292 e. The lowest BCUT2D eigenvalue weighted by molar-refractivity contribution is -0.383. The largest absolute Gasteiger partial charge is 0.393 e. The Morgan fingerprint density at radius 1 is 1.12 bits per heavy atom. The van der Waals surface area contributed by atoms with E-state index in [0.717, 1.165) is 15.6 Å². The van der Waals surface area contributed by atoms with Crippen LogP contribution >= 0.6 is 15.9 Å². The Labute approximate surface area is 106 Å². The van der Waals surface area contributed by atoms with E-state index in [1.807, 2.05) is 24.3 Å². The molecule has 0 spiro atoms. The van der Waals surface area contributed by atoms with Crippen LogP contribution in [0, 0.1) is 10.1 Å². The molecule has 0 heterocycles. The van der Waals surface area contributed by atoms with Crippen LogP contribution in [0.2, 0.25) is 0 Å². The summed E-state index contributed by atoms with van der Waals surface area (Å²) in [6, 6.07) is 12.4. The van der Waals surface area contributed by atoms with Gasteiger partial charge in [0, 0.05) is 10.5 Å². The molecule has 0 saturated heterocycles. The minimum Gasteiger partial charge on any atom is -0.393 e. The summed E-state index contributed by atoms with van der Waals surface area (Å²) in [6.07, 6.45) is 0. The lowest BCUT2D eigenvalue weighted by Crippen LogP contribution is -1.95. The van der Waals surface area contributed by atoms with Crippen molar-refractivity contribution >= 4 is 27.3 Å². The van der Waals surface area contributed by atoms with Crippen LogP contribution in [0.4, 0.5) is 11.4 Å². The number of hydrogen-bond acceptors (Lipinski definition) is 3. The van der Waals surface area contributed by atoms with Crippen molar-refractivity contribution in [2.24, 2.45) is 0 Å². The van der Waals surface area contributed by atoms with E-state index in [1.54, 1.807) is 12.1 Å². The first-order valence-electron chi connectivity index (χ1n) is 4.88. The van der Waals surface area contributed by atoms with Gasteiger partial charge >= 0.3 is 0 Å². The molecule has 2 aromatic carbocycles. The van der Waals surface area contributed by atoms with E-state index in [9.17, 15) is 10.1 Å². The fraction of sp³-hybridized carbons (Fsp3) is 0. The second kappa shape index (κ2) is 4.55. The molecule has 5 heteroatoms. The Bertz CT molecular complexity index is 584. The van der Waals surface area contributed by atoms with Crippen molar-refractivity contribution in [2.75, 3.05) is 5.73 Å². The summed E-state index contributed by atoms with van der Waals surface area (Å²) in [6.45, 7) is 0. The zero-order valence-corrected chi connectivity index (χ0v) is 10.3. The highest BCUT2D eigenvalue weighted by molar-refractivity contribution is 9.10. The molecule has 0 aliphatic carbocycles. The molecule has 0 amide bonds. The van der Waals surface area contributed by atoms with E-state index in [1.165, 1.54) is 6.07 Å². The van der Waals surface area contributed by atoms with Gasteiger partial charge in [0.15, 0.2) is 0 Å². The van der Waals surface area contributed by atoms with Gasteiger partial charge in [0.1, 0.15) is 5.69 Å². The van der Waals surface area contributed by atoms with Crippen LogP contribution in [0.3, 0.4) is 0 Å². The van der Waals surface area contributed by atoms with Crippen LogP contribution < -0.4 is 5.73 Å². The summed E-state index contributed by atoms with van der Waals surface area (Å²) in [5.41, 5.74) is 7.33. The van der Waals surface area contributed by atoms with Gasteiger partial charge in [0.2, 0.25) is 0 Å². The summed E-state index contributed by atoms with van der Waals surface area (Å²) < 4.78 is 0.925. The Morgan fingerprint density at radius 3 is 2.47 bits per heavy atom. The predicted molar refractivity (Wildman–Crippen MR) is 70.6 cm³/mol. The van der Waals surface area contributed by atoms with Crippen LogP contribution in [0.15, 0.2) is 46.9 Å². The van der Waals surface area contributed by atoms with Gasteiger partial charge in [0.25, 0.3) is 5.69 Å². The average molecular weight is 293 g/mol. The molecule has 0 atom stereocenters. The molecule has 0 unspecified atom stereocenters. The summed E-state index contributed by atoms with van der Waals surface area (Å²) in [5.74, 6) is 0. The Balaban J connectivity index is 2.54. The first-order chi connectivity index (χ1) is 8.08. The van der Waals surface area contributed by atoms with E-state index < -0.39 is 4.92 Å². The molecular weight excluding hydrogens is 284 g/mol. The number of hydrogen-bond donors (Lipinski definition) is 1. The second-order valence-corrected chi connectivity index (χ2v) is 4.46. The third-order valence-electron chi connectivity index (χ3n) is 2.39. The molecule has 17 heavy (non-hydrogen) atoms. The van der Waals surface area contributed by atoms with Gasteiger partial charge in [-0.05, 0) is 29.3 Å². The second-order valence-electron chi connectivity index (χ2n) is 3.54. The number of nitrogens with zero attached hydrogens (tertiary/aromatic N) is 1. The number of nitrogens with two attached hydrogens (primary N) is 1. The standard InChI is InChI=1S/C12H9BrN2O2/c13-10-3-1-2-8(6-10)9-4-5-11(14)12(7-9)15(16)17/h1-7H,14H2. The van der Waals surface area contributed by atoms with Crippen molar-refractivity contribution in [3.05, 3.63) is 57.1 Å². The normalized spacial score (nSPS) is 10.2. The van der Waals surface area contributed by atoms with Gasteiger partial charge in [-0.1, -0.05) is 34.1 Å². The molecule has 0 fully saturated rings. The number of nitrogen functional groups attached to an aromatic ring is 1. The topological polar surface area (TPSA) is 69.2 Å². The van der Waals surface area contributed by atoms with Gasteiger partial charge in [-0.3, -0.25) is 10.1 Å². The fourth-order valence-electron chi connectivity index (χ4n) is 1.55. The Kier molecular flexibility index (Phi) is 3.10. The summed E-state index contributed by atoms with van der Waals surface area (Å²) in [7, 11) is 0. The molecule has 86 valence electrons. The highest BCUT2D eigenvalue weighted by atomic mass is 79.9. The van der Waals surface area contributed by atoms with E-state index in [-0.39, 0.29) is 11.4 Å². The van der Waals surface area contributed by atoms with E-state index in [0.29, 0.717) is 0 Å². The molecule has 2 aromatic rings. The van der Waals surface area contributed by atoms with Crippen LogP contribution in [-0.4, -0.2) is 4.92 Å². The average Bonchev–Trinajstić information content (AvgIpc) is 2.29. The minimum absolute atomic E-state index is 0.0672. The highest BCUT2D eigenvalue weighted by Crippen LogP contribution is 2.29. The van der Waals surface area contributed by atoms with Gasteiger partial charge in [-0.2, -0.15) is 0 Å². The number of rotatable bonds is 2. The predicted octanol–water partition coefficient (Wildman–Crippen LogP) is 3.61. The zero-order chi connectivity index (χ0) is 12.4. The number of nitro groups is 1. The molecule has 0 bridgehead atoms.